The molecule has 1 aromatic carbocycles. The Hall–Kier alpha value is -2.01. The van der Waals surface area contributed by atoms with Gasteiger partial charge in [-0.05, 0) is 30.7 Å². The minimum Gasteiger partial charge on any atom is -0.465 e. The van der Waals surface area contributed by atoms with Crippen LogP contribution in [-0.2, 0) is 14.3 Å². The topological polar surface area (TPSA) is 58.6 Å². The number of hydrogen-bond acceptors (Lipinski definition) is 4. The molecule has 0 unspecified atom stereocenters. The first-order valence-corrected chi connectivity index (χ1v) is 6.66. The fourth-order valence-corrected chi connectivity index (χ4v) is 1.95. The highest BCUT2D eigenvalue weighted by molar-refractivity contribution is 6.30. The highest BCUT2D eigenvalue weighted by atomic mass is 35.5. The molecule has 0 aliphatic carbocycles. The van der Waals surface area contributed by atoms with Crippen LogP contribution in [0.15, 0.2) is 30.3 Å². The van der Waals surface area contributed by atoms with Crippen molar-refractivity contribution in [2.24, 2.45) is 0 Å². The van der Waals surface area contributed by atoms with E-state index in [9.17, 15) is 9.59 Å². The number of esters is 1. The second kappa shape index (κ2) is 6.43. The summed E-state index contributed by atoms with van der Waals surface area (Å²) in [5.41, 5.74) is 4.60. The van der Waals surface area contributed by atoms with Gasteiger partial charge in [-0.1, -0.05) is 23.7 Å². The minimum absolute atomic E-state index is 0.113. The van der Waals surface area contributed by atoms with Crippen LogP contribution in [0.3, 0.4) is 0 Å². The number of benzene rings is 1. The summed E-state index contributed by atoms with van der Waals surface area (Å²) < 4.78 is 4.84. The molecule has 0 atom stereocenters. The molecule has 6 heteroatoms. The maximum atomic E-state index is 11.8. The molecule has 0 radical (unpaired) electrons. The summed E-state index contributed by atoms with van der Waals surface area (Å²) >= 11 is 5.84. The molecular formula is C14H15ClN2O3. The second-order valence-corrected chi connectivity index (χ2v) is 4.66. The maximum absolute atomic E-state index is 11.8. The smallest absolute Gasteiger partial charge is 0.327 e. The normalized spacial score (nSPS) is 14.6. The lowest BCUT2D eigenvalue weighted by molar-refractivity contribution is -0.150. The first-order chi connectivity index (χ1) is 9.60. The van der Waals surface area contributed by atoms with E-state index < -0.39 is 5.97 Å². The van der Waals surface area contributed by atoms with Crippen molar-refractivity contribution in [2.45, 2.75) is 13.3 Å². The van der Waals surface area contributed by atoms with Gasteiger partial charge in [0.2, 0.25) is 5.91 Å². The van der Waals surface area contributed by atoms with Gasteiger partial charge in [0, 0.05) is 11.4 Å². The number of nitrogens with zero attached hydrogens (tertiary/aromatic N) is 1. The van der Waals surface area contributed by atoms with Gasteiger partial charge in [0.05, 0.1) is 12.3 Å². The van der Waals surface area contributed by atoms with Gasteiger partial charge >= 0.3 is 5.97 Å². The summed E-state index contributed by atoms with van der Waals surface area (Å²) in [5.74, 6) is -0.610. The van der Waals surface area contributed by atoms with Crippen molar-refractivity contribution in [1.82, 2.24) is 10.4 Å². The van der Waals surface area contributed by atoms with Crippen molar-refractivity contribution in [1.29, 1.82) is 0 Å². The second-order valence-electron chi connectivity index (χ2n) is 4.23. The third-order valence-corrected chi connectivity index (χ3v) is 3.04. The minimum atomic E-state index is -0.439. The van der Waals surface area contributed by atoms with Crippen LogP contribution in [0.4, 0.5) is 0 Å². The van der Waals surface area contributed by atoms with Crippen LogP contribution < -0.4 is 5.43 Å². The Morgan fingerprint density at radius 2 is 2.10 bits per heavy atom. The Labute approximate surface area is 122 Å². The van der Waals surface area contributed by atoms with E-state index >= 15 is 0 Å². The number of rotatable bonds is 4. The third-order valence-electron chi connectivity index (χ3n) is 2.79. The number of ether oxygens (including phenoxy) is 1. The Bertz CT molecular complexity index is 540. The summed E-state index contributed by atoms with van der Waals surface area (Å²) in [6, 6.07) is 7.23. The van der Waals surface area contributed by atoms with Crippen molar-refractivity contribution >= 4 is 29.2 Å². The average molecular weight is 295 g/mol. The SMILES string of the molecule is CCOC(=O)CN1NC(c2ccc(Cl)cc2)=CCC1=O. The molecule has 1 aliphatic heterocycles. The summed E-state index contributed by atoms with van der Waals surface area (Å²) in [4.78, 5) is 23.2. The zero-order valence-electron chi connectivity index (χ0n) is 11.1. The van der Waals surface area contributed by atoms with Crippen LogP contribution in [0.1, 0.15) is 18.9 Å². The lowest BCUT2D eigenvalue weighted by Crippen LogP contribution is -2.47. The number of amides is 1. The van der Waals surface area contributed by atoms with Gasteiger partial charge in [0.25, 0.3) is 0 Å². The van der Waals surface area contributed by atoms with Crippen molar-refractivity contribution in [3.8, 4) is 0 Å². The quantitative estimate of drug-likeness (QED) is 0.863. The Kier molecular flexibility index (Phi) is 4.63. The molecule has 1 heterocycles. The van der Waals surface area contributed by atoms with Crippen LogP contribution in [0.25, 0.3) is 5.70 Å². The molecule has 2 rings (SSSR count). The van der Waals surface area contributed by atoms with Crippen LogP contribution in [0.5, 0.6) is 0 Å². The first-order valence-electron chi connectivity index (χ1n) is 6.29. The average Bonchev–Trinajstić information content (AvgIpc) is 2.42. The summed E-state index contributed by atoms with van der Waals surface area (Å²) in [7, 11) is 0. The molecule has 20 heavy (non-hydrogen) atoms. The molecule has 0 spiro atoms. The van der Waals surface area contributed by atoms with E-state index in [1.54, 1.807) is 25.1 Å². The van der Waals surface area contributed by atoms with E-state index in [2.05, 4.69) is 5.43 Å². The van der Waals surface area contributed by atoms with Crippen molar-refractivity contribution in [2.75, 3.05) is 13.2 Å². The number of carbonyl (C=O) groups is 2. The van der Waals surface area contributed by atoms with E-state index in [0.29, 0.717) is 11.6 Å². The van der Waals surface area contributed by atoms with E-state index in [4.69, 9.17) is 16.3 Å². The van der Waals surface area contributed by atoms with E-state index in [-0.39, 0.29) is 18.9 Å². The number of hydrazine groups is 1. The lowest BCUT2D eigenvalue weighted by atomic mass is 10.1. The fraction of sp³-hybridized carbons (Fsp3) is 0.286. The molecule has 1 aromatic rings. The van der Waals surface area contributed by atoms with Crippen molar-refractivity contribution < 1.29 is 14.3 Å². The summed E-state index contributed by atoms with van der Waals surface area (Å²) in [6.07, 6.45) is 2.03. The molecule has 0 saturated carbocycles. The van der Waals surface area contributed by atoms with E-state index in [1.807, 2.05) is 12.1 Å². The molecule has 106 valence electrons. The van der Waals surface area contributed by atoms with Crippen LogP contribution in [0.2, 0.25) is 5.02 Å². The summed E-state index contributed by atoms with van der Waals surface area (Å²) in [6.45, 7) is 1.90. The predicted molar refractivity (Wildman–Crippen MR) is 75.5 cm³/mol. The van der Waals surface area contributed by atoms with Gasteiger partial charge in [-0.2, -0.15) is 0 Å². The van der Waals surface area contributed by atoms with Crippen molar-refractivity contribution in [3.63, 3.8) is 0 Å². The molecule has 1 amide bonds. The summed E-state index contributed by atoms with van der Waals surface area (Å²) in [5, 5.41) is 1.91. The fourth-order valence-electron chi connectivity index (χ4n) is 1.83. The van der Waals surface area contributed by atoms with Crippen molar-refractivity contribution in [3.05, 3.63) is 40.9 Å². The van der Waals surface area contributed by atoms with Crippen LogP contribution in [-0.4, -0.2) is 30.0 Å². The molecule has 1 aliphatic rings. The van der Waals surface area contributed by atoms with Gasteiger partial charge in [0.1, 0.15) is 6.54 Å². The van der Waals surface area contributed by atoms with Gasteiger partial charge < -0.3 is 4.74 Å². The highest BCUT2D eigenvalue weighted by Crippen LogP contribution is 2.19. The first kappa shape index (κ1) is 14.4. The van der Waals surface area contributed by atoms with Gasteiger partial charge in [-0.25, -0.2) is 5.01 Å². The number of nitrogens with one attached hydrogen (secondary N) is 1. The number of carbonyl (C=O) groups excluding carboxylic acids is 2. The number of halogens is 1. The largest absolute Gasteiger partial charge is 0.465 e. The monoisotopic (exact) mass is 294 g/mol. The maximum Gasteiger partial charge on any atom is 0.327 e. The highest BCUT2D eigenvalue weighted by Gasteiger charge is 2.22. The molecule has 5 nitrogen and oxygen atoms in total. The number of hydrogen-bond donors (Lipinski definition) is 1. The van der Waals surface area contributed by atoms with E-state index in [1.165, 1.54) is 5.01 Å². The molecular weight excluding hydrogens is 280 g/mol. The molecule has 0 saturated heterocycles. The van der Waals surface area contributed by atoms with Gasteiger partial charge in [-0.3, -0.25) is 15.0 Å². The zero-order valence-corrected chi connectivity index (χ0v) is 11.8. The Balaban J connectivity index is 2.08. The Morgan fingerprint density at radius 3 is 2.75 bits per heavy atom. The predicted octanol–water partition coefficient (Wildman–Crippen LogP) is 1.98. The third kappa shape index (κ3) is 3.51. The van der Waals surface area contributed by atoms with Crippen LogP contribution in [0, 0.1) is 0 Å². The van der Waals surface area contributed by atoms with Gasteiger partial charge in [0.15, 0.2) is 0 Å². The van der Waals surface area contributed by atoms with E-state index in [0.717, 1.165) is 11.3 Å². The molecule has 0 bridgehead atoms. The Morgan fingerprint density at radius 1 is 1.40 bits per heavy atom. The zero-order chi connectivity index (χ0) is 14.5. The molecule has 0 fully saturated rings. The standard InChI is InChI=1S/C14H15ClN2O3/c1-2-20-14(19)9-17-13(18)8-7-12(16-17)10-3-5-11(15)6-4-10/h3-7,16H,2,8-9H2,1H3. The lowest BCUT2D eigenvalue weighted by Gasteiger charge is -2.28. The molecule has 1 N–H and O–H groups in total. The molecule has 0 aromatic heterocycles. The van der Waals surface area contributed by atoms with Gasteiger partial charge in [-0.15, -0.1) is 0 Å². The van der Waals surface area contributed by atoms with Crippen LogP contribution >= 0.6 is 11.6 Å².